The van der Waals surface area contributed by atoms with E-state index < -0.39 is 34.8 Å². The van der Waals surface area contributed by atoms with Crippen LogP contribution in [0.3, 0.4) is 0 Å². The van der Waals surface area contributed by atoms with Crippen LogP contribution in [0.1, 0.15) is 42.0 Å². The Hall–Kier alpha value is -3.16. The highest BCUT2D eigenvalue weighted by molar-refractivity contribution is 5.78. The molecule has 2 aromatic carbocycles. The van der Waals surface area contributed by atoms with Crippen molar-refractivity contribution in [1.29, 1.82) is 0 Å². The van der Waals surface area contributed by atoms with E-state index in [-0.39, 0.29) is 11.6 Å². The second kappa shape index (κ2) is 6.42. The third kappa shape index (κ3) is 2.89. The SMILES string of the molecule is O=C(O)NC12CC(NC(=O)N3CCc4ccccc4C3c3ccc(F)cc3F)(C1)C2. The van der Waals surface area contributed by atoms with Crippen LogP contribution in [0.5, 0.6) is 0 Å². The van der Waals surface area contributed by atoms with E-state index in [9.17, 15) is 18.4 Å². The normalized spacial score (nSPS) is 28.6. The van der Waals surface area contributed by atoms with E-state index in [1.54, 1.807) is 4.90 Å². The Kier molecular flexibility index (Phi) is 4.03. The molecule has 2 aromatic rings. The van der Waals surface area contributed by atoms with Crippen LogP contribution in [-0.4, -0.2) is 39.8 Å². The van der Waals surface area contributed by atoms with Crippen molar-refractivity contribution in [2.45, 2.75) is 42.8 Å². The number of halogens is 2. The first kappa shape index (κ1) is 18.8. The van der Waals surface area contributed by atoms with Crippen LogP contribution in [0.2, 0.25) is 0 Å². The van der Waals surface area contributed by atoms with Crippen molar-refractivity contribution in [3.8, 4) is 0 Å². The summed E-state index contributed by atoms with van der Waals surface area (Å²) in [6, 6.07) is 10.0. The summed E-state index contributed by atoms with van der Waals surface area (Å²) in [7, 11) is 0. The smallest absolute Gasteiger partial charge is 0.405 e. The molecule has 3 fully saturated rings. The maximum atomic E-state index is 14.7. The summed E-state index contributed by atoms with van der Waals surface area (Å²) >= 11 is 0. The van der Waals surface area contributed by atoms with E-state index in [1.807, 2.05) is 24.3 Å². The van der Waals surface area contributed by atoms with Crippen LogP contribution in [-0.2, 0) is 6.42 Å². The lowest BCUT2D eigenvalue weighted by Crippen LogP contribution is -2.84. The lowest BCUT2D eigenvalue weighted by atomic mass is 9.44. The Morgan fingerprint density at radius 1 is 1.00 bits per heavy atom. The lowest BCUT2D eigenvalue weighted by molar-refractivity contribution is -0.0925. The van der Waals surface area contributed by atoms with Crippen molar-refractivity contribution in [2.24, 2.45) is 0 Å². The van der Waals surface area contributed by atoms with Crippen LogP contribution >= 0.6 is 0 Å². The van der Waals surface area contributed by atoms with Crippen LogP contribution in [0.15, 0.2) is 42.5 Å². The standard InChI is InChI=1S/C22H21F2N3O3/c23-14-5-6-16(17(24)9-14)18-15-4-2-1-3-13(15)7-8-27(18)19(28)25-21-10-22(11-21,12-21)26-20(29)30/h1-6,9,18,26H,7-8,10-12H2,(H,25,28)(H,29,30). The van der Waals surface area contributed by atoms with Gasteiger partial charge in [0.15, 0.2) is 0 Å². The van der Waals surface area contributed by atoms with Crippen molar-refractivity contribution in [2.75, 3.05) is 6.54 Å². The maximum absolute atomic E-state index is 14.7. The van der Waals surface area contributed by atoms with Gasteiger partial charge in [-0.05, 0) is 42.9 Å². The highest BCUT2D eigenvalue weighted by Crippen LogP contribution is 2.60. The summed E-state index contributed by atoms with van der Waals surface area (Å²) in [4.78, 5) is 25.7. The highest BCUT2D eigenvalue weighted by Gasteiger charge is 2.69. The van der Waals surface area contributed by atoms with Gasteiger partial charge in [0.1, 0.15) is 11.6 Å². The zero-order chi connectivity index (χ0) is 21.1. The lowest BCUT2D eigenvalue weighted by Gasteiger charge is -2.70. The Morgan fingerprint density at radius 3 is 2.40 bits per heavy atom. The molecule has 3 amide bonds. The molecule has 0 radical (unpaired) electrons. The molecule has 3 aliphatic carbocycles. The van der Waals surface area contributed by atoms with Gasteiger partial charge in [-0.1, -0.05) is 30.3 Å². The Balaban J connectivity index is 1.41. The number of nitrogens with one attached hydrogen (secondary N) is 2. The maximum Gasteiger partial charge on any atom is 0.405 e. The Labute approximate surface area is 171 Å². The molecule has 2 bridgehead atoms. The van der Waals surface area contributed by atoms with E-state index >= 15 is 0 Å². The van der Waals surface area contributed by atoms with Gasteiger partial charge in [-0.15, -0.1) is 0 Å². The molecule has 6 rings (SSSR count). The quantitative estimate of drug-likeness (QED) is 0.720. The van der Waals surface area contributed by atoms with Gasteiger partial charge in [-0.2, -0.15) is 0 Å². The minimum absolute atomic E-state index is 0.250. The van der Waals surface area contributed by atoms with E-state index in [4.69, 9.17) is 5.11 Å². The number of carbonyl (C=O) groups is 2. The predicted molar refractivity (Wildman–Crippen MR) is 104 cm³/mol. The van der Waals surface area contributed by atoms with E-state index in [1.165, 1.54) is 12.1 Å². The van der Waals surface area contributed by atoms with Gasteiger partial charge >= 0.3 is 12.1 Å². The number of fused-ring (bicyclic) bond motifs is 1. The number of hydrogen-bond donors (Lipinski definition) is 3. The first-order valence-electron chi connectivity index (χ1n) is 9.93. The predicted octanol–water partition coefficient (Wildman–Crippen LogP) is 3.56. The molecule has 8 heteroatoms. The fourth-order valence-corrected chi connectivity index (χ4v) is 5.42. The highest BCUT2D eigenvalue weighted by atomic mass is 19.1. The molecule has 1 aliphatic heterocycles. The number of urea groups is 1. The number of hydrogen-bond acceptors (Lipinski definition) is 2. The van der Waals surface area contributed by atoms with Crippen molar-refractivity contribution >= 4 is 12.1 Å². The Morgan fingerprint density at radius 2 is 1.70 bits per heavy atom. The fraction of sp³-hybridized carbons (Fsp3) is 0.364. The molecule has 0 spiro atoms. The van der Waals surface area contributed by atoms with Crippen LogP contribution in [0, 0.1) is 11.6 Å². The molecule has 0 saturated heterocycles. The van der Waals surface area contributed by atoms with Gasteiger partial charge in [0.25, 0.3) is 0 Å². The molecular formula is C22H21F2N3O3. The average Bonchev–Trinajstić information content (AvgIpc) is 2.64. The second-order valence-electron chi connectivity index (χ2n) is 8.66. The molecule has 1 atom stereocenters. The molecule has 30 heavy (non-hydrogen) atoms. The molecule has 1 unspecified atom stereocenters. The van der Waals surface area contributed by atoms with Crippen molar-refractivity contribution in [1.82, 2.24) is 15.5 Å². The largest absolute Gasteiger partial charge is 0.465 e. The van der Waals surface area contributed by atoms with Crippen molar-refractivity contribution in [3.05, 3.63) is 70.8 Å². The first-order valence-corrected chi connectivity index (χ1v) is 9.93. The number of benzene rings is 2. The minimum Gasteiger partial charge on any atom is -0.465 e. The molecule has 156 valence electrons. The number of nitrogens with zero attached hydrogens (tertiary/aromatic N) is 1. The van der Waals surface area contributed by atoms with Gasteiger partial charge in [0.2, 0.25) is 0 Å². The van der Waals surface area contributed by atoms with Crippen LogP contribution in [0.4, 0.5) is 18.4 Å². The van der Waals surface area contributed by atoms with Crippen molar-refractivity contribution < 1.29 is 23.5 Å². The summed E-state index contributed by atoms with van der Waals surface area (Å²) in [6.07, 6.45) is 1.24. The topological polar surface area (TPSA) is 81.7 Å². The number of carbonyl (C=O) groups excluding carboxylic acids is 1. The van der Waals surface area contributed by atoms with Crippen molar-refractivity contribution in [3.63, 3.8) is 0 Å². The van der Waals surface area contributed by atoms with E-state index in [0.717, 1.165) is 17.2 Å². The molecular weight excluding hydrogens is 392 g/mol. The summed E-state index contributed by atoms with van der Waals surface area (Å²) in [5.41, 5.74) is 1.26. The van der Waals surface area contributed by atoms with E-state index in [0.29, 0.717) is 32.2 Å². The number of amides is 3. The summed E-state index contributed by atoms with van der Waals surface area (Å²) in [6.45, 7) is 0.402. The fourth-order valence-electron chi connectivity index (χ4n) is 5.42. The third-order valence-corrected chi connectivity index (χ3v) is 6.58. The second-order valence-corrected chi connectivity index (χ2v) is 8.66. The molecule has 6 nitrogen and oxygen atoms in total. The minimum atomic E-state index is -1.06. The zero-order valence-corrected chi connectivity index (χ0v) is 16.1. The van der Waals surface area contributed by atoms with Gasteiger partial charge in [-0.25, -0.2) is 18.4 Å². The monoisotopic (exact) mass is 413 g/mol. The number of carboxylic acid groups (broad SMARTS) is 1. The van der Waals surface area contributed by atoms with Gasteiger partial charge < -0.3 is 20.6 Å². The number of rotatable bonds is 3. The first-order chi connectivity index (χ1) is 14.3. The summed E-state index contributed by atoms with van der Waals surface area (Å²) in [5.74, 6) is -1.36. The van der Waals surface area contributed by atoms with E-state index in [2.05, 4.69) is 10.6 Å². The summed E-state index contributed by atoms with van der Waals surface area (Å²) < 4.78 is 28.2. The Bertz CT molecular complexity index is 1040. The van der Waals surface area contributed by atoms with Crippen LogP contribution < -0.4 is 10.6 Å². The third-order valence-electron chi connectivity index (χ3n) is 6.58. The van der Waals surface area contributed by atoms with Gasteiger partial charge in [0.05, 0.1) is 11.6 Å². The average molecular weight is 413 g/mol. The van der Waals surface area contributed by atoms with Crippen LogP contribution in [0.25, 0.3) is 0 Å². The van der Waals surface area contributed by atoms with Gasteiger partial charge in [0, 0.05) is 23.7 Å². The molecule has 3 saturated carbocycles. The molecule has 4 aliphatic rings. The molecule has 0 aromatic heterocycles. The molecule has 1 heterocycles. The molecule has 3 N–H and O–H groups in total. The van der Waals surface area contributed by atoms with Gasteiger partial charge in [-0.3, -0.25) is 0 Å². The summed E-state index contributed by atoms with van der Waals surface area (Å²) in [5, 5.41) is 14.5. The zero-order valence-electron chi connectivity index (χ0n) is 16.1.